The van der Waals surface area contributed by atoms with Gasteiger partial charge in [0.15, 0.2) is 0 Å². The summed E-state index contributed by atoms with van der Waals surface area (Å²) in [6.07, 6.45) is 8.18. The van der Waals surface area contributed by atoms with Crippen molar-refractivity contribution in [3.05, 3.63) is 30.1 Å². The second kappa shape index (κ2) is 5.30. The minimum absolute atomic E-state index is 0.0475. The van der Waals surface area contributed by atoms with Crippen LogP contribution in [0.15, 0.2) is 24.4 Å². The van der Waals surface area contributed by atoms with Crippen LogP contribution in [0.2, 0.25) is 0 Å². The molecule has 100 valence electrons. The molecular weight excluding hydrogens is 236 g/mol. The monoisotopic (exact) mass is 256 g/mol. The van der Waals surface area contributed by atoms with Gasteiger partial charge in [-0.2, -0.15) is 5.26 Å². The molecule has 1 saturated heterocycles. The lowest BCUT2D eigenvalue weighted by Crippen LogP contribution is -2.45. The quantitative estimate of drug-likeness (QED) is 0.814. The van der Waals surface area contributed by atoms with Crippen LogP contribution < -0.4 is 0 Å². The van der Waals surface area contributed by atoms with Gasteiger partial charge < -0.3 is 4.74 Å². The zero-order valence-corrected chi connectivity index (χ0v) is 11.2. The molecule has 1 aliphatic carbocycles. The second-order valence-electron chi connectivity index (χ2n) is 5.76. The second-order valence-corrected chi connectivity index (χ2v) is 5.76. The highest BCUT2D eigenvalue weighted by atomic mass is 16.5. The lowest BCUT2D eigenvalue weighted by atomic mass is 9.70. The predicted molar refractivity (Wildman–Crippen MR) is 72.5 cm³/mol. The van der Waals surface area contributed by atoms with E-state index in [4.69, 9.17) is 10.00 Å². The van der Waals surface area contributed by atoms with Gasteiger partial charge in [0, 0.05) is 30.8 Å². The molecule has 0 bridgehead atoms. The third-order valence-corrected chi connectivity index (χ3v) is 4.73. The minimum Gasteiger partial charge on any atom is -0.374 e. The summed E-state index contributed by atoms with van der Waals surface area (Å²) in [5.74, 6) is 0.691. The molecule has 1 aromatic heterocycles. The molecule has 2 heterocycles. The summed E-state index contributed by atoms with van der Waals surface area (Å²) in [6.45, 7) is 0.801. The molecule has 0 N–H and O–H groups in total. The summed E-state index contributed by atoms with van der Waals surface area (Å²) in [5, 5.41) is 9.10. The van der Waals surface area contributed by atoms with E-state index in [1.165, 1.54) is 12.8 Å². The fourth-order valence-corrected chi connectivity index (χ4v) is 3.94. The van der Waals surface area contributed by atoms with Crippen LogP contribution in [0.4, 0.5) is 0 Å². The zero-order valence-electron chi connectivity index (χ0n) is 11.2. The van der Waals surface area contributed by atoms with Gasteiger partial charge in [-0.1, -0.05) is 18.9 Å². The molecule has 0 radical (unpaired) electrons. The van der Waals surface area contributed by atoms with Gasteiger partial charge >= 0.3 is 0 Å². The topological polar surface area (TPSA) is 45.9 Å². The molecule has 2 atom stereocenters. The van der Waals surface area contributed by atoms with Crippen LogP contribution in [0, 0.1) is 17.2 Å². The number of nitrogens with zero attached hydrogens (tertiary/aromatic N) is 2. The molecule has 2 unspecified atom stereocenters. The highest BCUT2D eigenvalue weighted by Crippen LogP contribution is 2.51. The van der Waals surface area contributed by atoms with Gasteiger partial charge in [0.1, 0.15) is 0 Å². The number of ether oxygens (including phenoxy) is 1. The molecule has 3 nitrogen and oxygen atoms in total. The molecule has 1 aromatic rings. The number of rotatable bonds is 2. The van der Waals surface area contributed by atoms with E-state index < -0.39 is 0 Å². The molecule has 1 spiro atoms. The summed E-state index contributed by atoms with van der Waals surface area (Å²) >= 11 is 0. The lowest BCUT2D eigenvalue weighted by Gasteiger charge is -2.45. The third-order valence-electron chi connectivity index (χ3n) is 4.73. The van der Waals surface area contributed by atoms with Crippen molar-refractivity contribution in [3.8, 4) is 6.07 Å². The van der Waals surface area contributed by atoms with E-state index in [2.05, 4.69) is 17.1 Å². The Hall–Kier alpha value is -1.40. The van der Waals surface area contributed by atoms with E-state index in [0.717, 1.165) is 31.6 Å². The Morgan fingerprint density at radius 2 is 2.21 bits per heavy atom. The number of pyridine rings is 1. The molecule has 3 heteroatoms. The average Bonchev–Trinajstić information content (AvgIpc) is 2.89. The molecule has 1 saturated carbocycles. The first-order chi connectivity index (χ1) is 9.36. The summed E-state index contributed by atoms with van der Waals surface area (Å²) in [7, 11) is 0. The first-order valence-corrected chi connectivity index (χ1v) is 7.27. The molecule has 0 amide bonds. The Labute approximate surface area is 114 Å². The SMILES string of the molecule is N#CCC1CCOC2(CCCC2)C1c1ccccn1. The summed E-state index contributed by atoms with van der Waals surface area (Å²) in [5.41, 5.74) is 1.07. The smallest absolute Gasteiger partial charge is 0.0768 e. The molecular formula is C16H20N2O. The van der Waals surface area contributed by atoms with Crippen molar-refractivity contribution in [2.75, 3.05) is 6.61 Å². The summed E-state index contributed by atoms with van der Waals surface area (Å²) in [6, 6.07) is 8.46. The highest BCUT2D eigenvalue weighted by molar-refractivity contribution is 5.19. The molecule has 19 heavy (non-hydrogen) atoms. The number of hydrogen-bond acceptors (Lipinski definition) is 3. The Bertz CT molecular complexity index is 459. The molecule has 1 aliphatic heterocycles. The van der Waals surface area contributed by atoms with Crippen molar-refractivity contribution in [2.45, 2.75) is 50.0 Å². The van der Waals surface area contributed by atoms with Crippen LogP contribution in [0.5, 0.6) is 0 Å². The number of nitriles is 1. The number of aromatic nitrogens is 1. The van der Waals surface area contributed by atoms with Crippen LogP contribution in [0.3, 0.4) is 0 Å². The van der Waals surface area contributed by atoms with E-state index in [1.54, 1.807) is 0 Å². The molecule has 2 aliphatic rings. The van der Waals surface area contributed by atoms with E-state index in [1.807, 2.05) is 18.3 Å². The fraction of sp³-hybridized carbons (Fsp3) is 0.625. The maximum absolute atomic E-state index is 9.10. The van der Waals surface area contributed by atoms with Gasteiger partial charge in [0.05, 0.1) is 11.7 Å². The van der Waals surface area contributed by atoms with Gasteiger partial charge in [-0.25, -0.2) is 0 Å². The highest BCUT2D eigenvalue weighted by Gasteiger charge is 2.49. The Kier molecular flexibility index (Phi) is 3.52. The first-order valence-electron chi connectivity index (χ1n) is 7.27. The largest absolute Gasteiger partial charge is 0.374 e. The Morgan fingerprint density at radius 1 is 1.37 bits per heavy atom. The number of hydrogen-bond donors (Lipinski definition) is 0. The normalized spacial score (nSPS) is 29.2. The van der Waals surface area contributed by atoms with Crippen molar-refractivity contribution in [2.24, 2.45) is 5.92 Å². The summed E-state index contributed by atoms with van der Waals surface area (Å²) in [4.78, 5) is 4.56. The summed E-state index contributed by atoms with van der Waals surface area (Å²) < 4.78 is 6.22. The van der Waals surface area contributed by atoms with Crippen molar-refractivity contribution in [1.29, 1.82) is 5.26 Å². The van der Waals surface area contributed by atoms with Crippen LogP contribution >= 0.6 is 0 Å². The van der Waals surface area contributed by atoms with Crippen molar-refractivity contribution < 1.29 is 4.74 Å². The zero-order chi connectivity index (χ0) is 13.1. The lowest BCUT2D eigenvalue weighted by molar-refractivity contribution is -0.111. The molecule has 2 fully saturated rings. The van der Waals surface area contributed by atoms with Crippen LogP contribution in [0.25, 0.3) is 0 Å². The van der Waals surface area contributed by atoms with Gasteiger partial charge in [-0.15, -0.1) is 0 Å². The molecule has 0 aromatic carbocycles. The molecule has 3 rings (SSSR count). The van der Waals surface area contributed by atoms with Crippen LogP contribution in [-0.2, 0) is 4.74 Å². The maximum atomic E-state index is 9.10. The van der Waals surface area contributed by atoms with E-state index in [0.29, 0.717) is 18.3 Å². The van der Waals surface area contributed by atoms with Gasteiger partial charge in [0.2, 0.25) is 0 Å². The van der Waals surface area contributed by atoms with Crippen LogP contribution in [0.1, 0.15) is 50.1 Å². The first kappa shape index (κ1) is 12.6. The predicted octanol–water partition coefficient (Wildman–Crippen LogP) is 3.43. The van der Waals surface area contributed by atoms with Gasteiger partial charge in [-0.3, -0.25) is 4.98 Å². The Morgan fingerprint density at radius 3 is 2.89 bits per heavy atom. The van der Waals surface area contributed by atoms with Crippen molar-refractivity contribution >= 4 is 0 Å². The fourth-order valence-electron chi connectivity index (χ4n) is 3.94. The average molecular weight is 256 g/mol. The van der Waals surface area contributed by atoms with E-state index in [9.17, 15) is 0 Å². The van der Waals surface area contributed by atoms with Gasteiger partial charge in [0.25, 0.3) is 0 Å². The van der Waals surface area contributed by atoms with E-state index >= 15 is 0 Å². The third kappa shape index (κ3) is 2.26. The van der Waals surface area contributed by atoms with Crippen LogP contribution in [-0.4, -0.2) is 17.2 Å². The van der Waals surface area contributed by atoms with Gasteiger partial charge in [-0.05, 0) is 37.3 Å². The van der Waals surface area contributed by atoms with Crippen molar-refractivity contribution in [1.82, 2.24) is 4.98 Å². The maximum Gasteiger partial charge on any atom is 0.0768 e. The standard InChI is InChI=1S/C16H20N2O/c17-10-6-13-7-12-19-16(8-2-3-9-16)15(13)14-5-1-4-11-18-14/h1,4-5,11,13,15H,2-3,6-9,12H2. The Balaban J connectivity index is 1.98. The minimum atomic E-state index is -0.0475. The van der Waals surface area contributed by atoms with Crippen molar-refractivity contribution in [3.63, 3.8) is 0 Å². The van der Waals surface area contributed by atoms with E-state index in [-0.39, 0.29) is 5.60 Å².